The maximum Gasteiger partial charge on any atom is 0.143 e. The second-order valence-corrected chi connectivity index (χ2v) is 3.33. The molecular weight excluding hydrogens is 240 g/mol. The molecule has 0 amide bonds. The first kappa shape index (κ1) is 10.1. The van der Waals surface area contributed by atoms with Crippen molar-refractivity contribution < 1.29 is 8.78 Å². The Bertz CT molecular complexity index is 357. The highest BCUT2D eigenvalue weighted by Crippen LogP contribution is 2.22. The molecular formula is C9H6BrF2N. The fourth-order valence-electron chi connectivity index (χ4n) is 0.979. The van der Waals surface area contributed by atoms with Crippen molar-refractivity contribution in [2.75, 3.05) is 0 Å². The van der Waals surface area contributed by atoms with Crippen molar-refractivity contribution >= 4 is 15.9 Å². The van der Waals surface area contributed by atoms with Crippen molar-refractivity contribution in [1.82, 2.24) is 0 Å². The van der Waals surface area contributed by atoms with Crippen LogP contribution in [0.4, 0.5) is 8.78 Å². The van der Waals surface area contributed by atoms with Crippen LogP contribution in [-0.4, -0.2) is 0 Å². The van der Waals surface area contributed by atoms with Gasteiger partial charge in [-0.1, -0.05) is 0 Å². The Morgan fingerprint density at radius 3 is 2.69 bits per heavy atom. The molecule has 0 aliphatic carbocycles. The second-order valence-electron chi connectivity index (χ2n) is 2.48. The zero-order valence-electron chi connectivity index (χ0n) is 6.65. The second kappa shape index (κ2) is 4.33. The molecule has 0 aliphatic heterocycles. The van der Waals surface area contributed by atoms with Gasteiger partial charge in [-0.05, 0) is 34.5 Å². The normalized spacial score (nSPS) is 9.69. The molecule has 0 heterocycles. The summed E-state index contributed by atoms with van der Waals surface area (Å²) >= 11 is 2.95. The quantitative estimate of drug-likeness (QED) is 0.735. The van der Waals surface area contributed by atoms with Gasteiger partial charge in [-0.25, -0.2) is 8.78 Å². The molecule has 0 spiro atoms. The number of nitriles is 1. The molecule has 0 bridgehead atoms. The predicted molar refractivity (Wildman–Crippen MR) is 48.0 cm³/mol. The third kappa shape index (κ3) is 2.25. The summed E-state index contributed by atoms with van der Waals surface area (Å²) < 4.78 is 26.4. The van der Waals surface area contributed by atoms with E-state index in [1.807, 2.05) is 6.07 Å². The van der Waals surface area contributed by atoms with E-state index >= 15 is 0 Å². The third-order valence-corrected chi connectivity index (χ3v) is 2.24. The number of nitrogens with zero attached hydrogens (tertiary/aromatic N) is 1. The molecule has 0 aliphatic rings. The van der Waals surface area contributed by atoms with Gasteiger partial charge in [0.15, 0.2) is 0 Å². The van der Waals surface area contributed by atoms with E-state index in [4.69, 9.17) is 5.26 Å². The number of benzene rings is 1. The van der Waals surface area contributed by atoms with Crippen LogP contribution in [0.1, 0.15) is 12.0 Å². The van der Waals surface area contributed by atoms with Gasteiger partial charge < -0.3 is 0 Å². The fraction of sp³-hybridized carbons (Fsp3) is 0.222. The van der Waals surface area contributed by atoms with Gasteiger partial charge in [0.05, 0.1) is 10.5 Å². The van der Waals surface area contributed by atoms with Gasteiger partial charge in [0.1, 0.15) is 11.6 Å². The van der Waals surface area contributed by atoms with Crippen LogP contribution in [0.5, 0.6) is 0 Å². The van der Waals surface area contributed by atoms with Crippen molar-refractivity contribution in [3.05, 3.63) is 33.8 Å². The highest BCUT2D eigenvalue weighted by Gasteiger charge is 2.11. The Hall–Kier alpha value is -0.950. The SMILES string of the molecule is N#CCCc1c(F)ccc(Br)c1F. The standard InChI is InChI=1S/C9H6BrF2N/c10-7-3-4-8(11)6(9(7)12)2-1-5-13/h3-4H,1-2H2. The summed E-state index contributed by atoms with van der Waals surface area (Å²) in [6.07, 6.45) is 0.220. The van der Waals surface area contributed by atoms with E-state index in [1.165, 1.54) is 12.1 Å². The molecule has 13 heavy (non-hydrogen) atoms. The lowest BCUT2D eigenvalue weighted by molar-refractivity contribution is 0.551. The third-order valence-electron chi connectivity index (χ3n) is 1.63. The van der Waals surface area contributed by atoms with Crippen LogP contribution in [0.3, 0.4) is 0 Å². The van der Waals surface area contributed by atoms with Gasteiger partial charge in [0, 0.05) is 12.0 Å². The van der Waals surface area contributed by atoms with Crippen molar-refractivity contribution in [2.45, 2.75) is 12.8 Å². The van der Waals surface area contributed by atoms with Crippen molar-refractivity contribution in [3.8, 4) is 6.07 Å². The minimum absolute atomic E-state index is 0.0316. The topological polar surface area (TPSA) is 23.8 Å². The molecule has 0 aromatic heterocycles. The monoisotopic (exact) mass is 245 g/mol. The summed E-state index contributed by atoms with van der Waals surface area (Å²) in [5.41, 5.74) is -0.0316. The molecule has 1 nitrogen and oxygen atoms in total. The van der Waals surface area contributed by atoms with Crippen LogP contribution in [-0.2, 0) is 6.42 Å². The maximum absolute atomic E-state index is 13.2. The Morgan fingerprint density at radius 1 is 1.38 bits per heavy atom. The molecule has 0 fully saturated rings. The summed E-state index contributed by atoms with van der Waals surface area (Å²) in [6, 6.07) is 4.33. The van der Waals surface area contributed by atoms with Crippen molar-refractivity contribution in [2.24, 2.45) is 0 Å². The van der Waals surface area contributed by atoms with E-state index in [-0.39, 0.29) is 22.9 Å². The molecule has 0 saturated heterocycles. The molecule has 0 unspecified atom stereocenters. The molecule has 1 aromatic rings. The molecule has 0 saturated carbocycles. The average Bonchev–Trinajstić information content (AvgIpc) is 2.12. The molecule has 0 radical (unpaired) electrons. The first-order valence-electron chi connectivity index (χ1n) is 3.66. The number of hydrogen-bond donors (Lipinski definition) is 0. The average molecular weight is 246 g/mol. The van der Waals surface area contributed by atoms with E-state index in [1.54, 1.807) is 0 Å². The minimum Gasteiger partial charge on any atom is -0.207 e. The van der Waals surface area contributed by atoms with E-state index in [0.717, 1.165) is 0 Å². The largest absolute Gasteiger partial charge is 0.207 e. The van der Waals surface area contributed by atoms with Crippen molar-refractivity contribution in [1.29, 1.82) is 5.26 Å². The summed E-state index contributed by atoms with van der Waals surface area (Å²) in [6.45, 7) is 0. The van der Waals surface area contributed by atoms with E-state index in [0.29, 0.717) is 0 Å². The zero-order valence-corrected chi connectivity index (χ0v) is 8.24. The summed E-state index contributed by atoms with van der Waals surface area (Å²) in [7, 11) is 0. The molecule has 0 atom stereocenters. The Labute approximate surface area is 83.1 Å². The first-order valence-corrected chi connectivity index (χ1v) is 4.45. The van der Waals surface area contributed by atoms with Crippen LogP contribution < -0.4 is 0 Å². The Kier molecular flexibility index (Phi) is 3.38. The van der Waals surface area contributed by atoms with Gasteiger partial charge >= 0.3 is 0 Å². The van der Waals surface area contributed by atoms with Crippen LogP contribution in [0.2, 0.25) is 0 Å². The molecule has 4 heteroatoms. The Morgan fingerprint density at radius 2 is 2.08 bits per heavy atom. The van der Waals surface area contributed by atoms with Crippen molar-refractivity contribution in [3.63, 3.8) is 0 Å². The highest BCUT2D eigenvalue weighted by atomic mass is 79.9. The predicted octanol–water partition coefficient (Wildman–Crippen LogP) is 3.18. The van der Waals surface area contributed by atoms with E-state index < -0.39 is 11.6 Å². The molecule has 68 valence electrons. The lowest BCUT2D eigenvalue weighted by Gasteiger charge is -2.03. The highest BCUT2D eigenvalue weighted by molar-refractivity contribution is 9.10. The van der Waals surface area contributed by atoms with Crippen LogP contribution in [0.25, 0.3) is 0 Å². The van der Waals surface area contributed by atoms with Gasteiger partial charge in [0.2, 0.25) is 0 Å². The van der Waals surface area contributed by atoms with Crippen LogP contribution in [0, 0.1) is 23.0 Å². The van der Waals surface area contributed by atoms with Crippen LogP contribution >= 0.6 is 15.9 Å². The number of halogens is 3. The van der Waals surface area contributed by atoms with Gasteiger partial charge in [0.25, 0.3) is 0 Å². The fourth-order valence-corrected chi connectivity index (χ4v) is 1.35. The van der Waals surface area contributed by atoms with Gasteiger partial charge in [-0.3, -0.25) is 0 Å². The first-order chi connectivity index (χ1) is 6.16. The summed E-state index contributed by atoms with van der Waals surface area (Å²) in [5.74, 6) is -1.22. The van der Waals surface area contributed by atoms with E-state index in [9.17, 15) is 8.78 Å². The Balaban J connectivity index is 3.04. The molecule has 0 N–H and O–H groups in total. The maximum atomic E-state index is 13.2. The molecule has 1 aromatic carbocycles. The van der Waals surface area contributed by atoms with E-state index in [2.05, 4.69) is 15.9 Å². The lowest BCUT2D eigenvalue weighted by atomic mass is 10.1. The smallest absolute Gasteiger partial charge is 0.143 e. The number of hydrogen-bond acceptors (Lipinski definition) is 1. The number of rotatable bonds is 2. The van der Waals surface area contributed by atoms with Gasteiger partial charge in [-0.2, -0.15) is 5.26 Å². The van der Waals surface area contributed by atoms with Gasteiger partial charge in [-0.15, -0.1) is 0 Å². The molecule has 1 rings (SSSR count). The van der Waals surface area contributed by atoms with Crippen LogP contribution in [0.15, 0.2) is 16.6 Å². The lowest BCUT2D eigenvalue weighted by Crippen LogP contribution is -1.96. The summed E-state index contributed by atoms with van der Waals surface area (Å²) in [5, 5.41) is 8.27. The zero-order chi connectivity index (χ0) is 9.84. The summed E-state index contributed by atoms with van der Waals surface area (Å²) in [4.78, 5) is 0. The minimum atomic E-state index is -0.616.